The van der Waals surface area contributed by atoms with Crippen LogP contribution in [0.5, 0.6) is 0 Å². The van der Waals surface area contributed by atoms with Crippen LogP contribution < -0.4 is 5.32 Å². The van der Waals surface area contributed by atoms with E-state index >= 15 is 0 Å². The molecule has 104 valence electrons. The molecule has 1 N–H and O–H groups in total. The summed E-state index contributed by atoms with van der Waals surface area (Å²) in [6, 6.07) is -1.63. The molecule has 0 aromatic carbocycles. The van der Waals surface area contributed by atoms with Gasteiger partial charge in [-0.3, -0.25) is 9.59 Å². The number of amides is 2. The van der Waals surface area contributed by atoms with Gasteiger partial charge in [0.1, 0.15) is 12.6 Å². The molecule has 4 nitrogen and oxygen atoms in total. The molecule has 1 heterocycles. The topological polar surface area (TPSA) is 49.4 Å². The van der Waals surface area contributed by atoms with Gasteiger partial charge in [-0.1, -0.05) is 13.8 Å². The standard InChI is InChI=1S/C11H17F3N2O2/c1-6(2)9-10(18)16(5-11(12,13)14)7(3)4-8(17)15-9/h6-7,9H,4-5H2,1-3H3,(H,15,17). The lowest BCUT2D eigenvalue weighted by molar-refractivity contribution is -0.166. The van der Waals surface area contributed by atoms with E-state index in [1.165, 1.54) is 6.92 Å². The SMILES string of the molecule is CC(C)C1NC(=O)CC(C)N(CC(F)(F)F)C1=O. The number of carbonyl (C=O) groups excluding carboxylic acids is 2. The minimum absolute atomic E-state index is 0.106. The first-order chi connectivity index (χ1) is 8.11. The van der Waals surface area contributed by atoms with E-state index in [2.05, 4.69) is 5.32 Å². The number of halogens is 3. The highest BCUT2D eigenvalue weighted by Gasteiger charge is 2.41. The summed E-state index contributed by atoms with van der Waals surface area (Å²) in [6.45, 7) is 3.51. The molecule has 2 unspecified atom stereocenters. The minimum atomic E-state index is -4.46. The van der Waals surface area contributed by atoms with Crippen LogP contribution in [0.15, 0.2) is 0 Å². The van der Waals surface area contributed by atoms with E-state index in [-0.39, 0.29) is 18.2 Å². The maximum atomic E-state index is 12.4. The number of nitrogens with one attached hydrogen (secondary N) is 1. The van der Waals surface area contributed by atoms with Crippen LogP contribution in [0.1, 0.15) is 27.2 Å². The van der Waals surface area contributed by atoms with Crippen molar-refractivity contribution in [3.8, 4) is 0 Å². The highest BCUT2D eigenvalue weighted by Crippen LogP contribution is 2.22. The van der Waals surface area contributed by atoms with E-state index in [9.17, 15) is 22.8 Å². The molecule has 2 atom stereocenters. The van der Waals surface area contributed by atoms with Gasteiger partial charge < -0.3 is 10.2 Å². The van der Waals surface area contributed by atoms with Gasteiger partial charge in [-0.05, 0) is 12.8 Å². The summed E-state index contributed by atoms with van der Waals surface area (Å²) in [5, 5.41) is 2.48. The first-order valence-electron chi connectivity index (χ1n) is 5.78. The Labute approximate surface area is 104 Å². The van der Waals surface area contributed by atoms with Crippen LogP contribution >= 0.6 is 0 Å². The third kappa shape index (κ3) is 3.61. The quantitative estimate of drug-likeness (QED) is 0.819. The molecule has 1 saturated heterocycles. The smallest absolute Gasteiger partial charge is 0.344 e. The fourth-order valence-electron chi connectivity index (χ4n) is 1.95. The highest BCUT2D eigenvalue weighted by molar-refractivity contribution is 5.90. The molecule has 2 amide bonds. The average Bonchev–Trinajstić information content (AvgIpc) is 2.27. The van der Waals surface area contributed by atoms with Gasteiger partial charge in [-0.15, -0.1) is 0 Å². The molecule has 0 bridgehead atoms. The van der Waals surface area contributed by atoms with Crippen LogP contribution in [0.2, 0.25) is 0 Å². The maximum absolute atomic E-state index is 12.4. The summed E-state index contributed by atoms with van der Waals surface area (Å²) in [7, 11) is 0. The summed E-state index contributed by atoms with van der Waals surface area (Å²) >= 11 is 0. The lowest BCUT2D eigenvalue weighted by Crippen LogP contribution is -2.51. The predicted molar refractivity (Wildman–Crippen MR) is 58.6 cm³/mol. The third-order valence-electron chi connectivity index (χ3n) is 2.89. The van der Waals surface area contributed by atoms with Crippen molar-refractivity contribution in [2.24, 2.45) is 5.92 Å². The fraction of sp³-hybridized carbons (Fsp3) is 0.818. The van der Waals surface area contributed by atoms with Gasteiger partial charge in [0.05, 0.1) is 0 Å². The van der Waals surface area contributed by atoms with Gasteiger partial charge in [0.15, 0.2) is 0 Å². The van der Waals surface area contributed by atoms with Crippen LogP contribution in [0.3, 0.4) is 0 Å². The Kier molecular flexibility index (Phi) is 4.24. The van der Waals surface area contributed by atoms with Crippen LogP contribution in [0, 0.1) is 5.92 Å². The first kappa shape index (κ1) is 14.8. The molecule has 0 radical (unpaired) electrons. The Hall–Kier alpha value is -1.27. The van der Waals surface area contributed by atoms with Crippen molar-refractivity contribution >= 4 is 11.8 Å². The Morgan fingerprint density at radius 3 is 2.39 bits per heavy atom. The van der Waals surface area contributed by atoms with Crippen molar-refractivity contribution in [2.75, 3.05) is 6.54 Å². The molecule has 18 heavy (non-hydrogen) atoms. The minimum Gasteiger partial charge on any atom is -0.344 e. The summed E-state index contributed by atoms with van der Waals surface area (Å²) in [6.07, 6.45) is -4.57. The lowest BCUT2D eigenvalue weighted by atomic mass is 10.0. The maximum Gasteiger partial charge on any atom is 0.406 e. The lowest BCUT2D eigenvalue weighted by Gasteiger charge is -2.30. The van der Waals surface area contributed by atoms with Crippen molar-refractivity contribution in [2.45, 2.75) is 45.5 Å². The Morgan fingerprint density at radius 2 is 1.94 bits per heavy atom. The molecule has 0 spiro atoms. The molecule has 0 saturated carbocycles. The number of hydrogen-bond acceptors (Lipinski definition) is 2. The molecular weight excluding hydrogens is 249 g/mol. The molecule has 1 aliphatic rings. The van der Waals surface area contributed by atoms with E-state index in [1.807, 2.05) is 0 Å². The van der Waals surface area contributed by atoms with Crippen molar-refractivity contribution < 1.29 is 22.8 Å². The first-order valence-corrected chi connectivity index (χ1v) is 5.78. The van der Waals surface area contributed by atoms with Crippen molar-refractivity contribution in [1.82, 2.24) is 10.2 Å². The van der Waals surface area contributed by atoms with Gasteiger partial charge in [0.25, 0.3) is 0 Å². The molecule has 1 aliphatic heterocycles. The van der Waals surface area contributed by atoms with Gasteiger partial charge >= 0.3 is 6.18 Å². The second kappa shape index (κ2) is 5.16. The van der Waals surface area contributed by atoms with Gasteiger partial charge in [-0.2, -0.15) is 13.2 Å². The summed E-state index contributed by atoms with van der Waals surface area (Å²) < 4.78 is 37.3. The molecule has 1 rings (SSSR count). The fourth-order valence-corrected chi connectivity index (χ4v) is 1.95. The second-order valence-corrected chi connectivity index (χ2v) is 4.92. The molecule has 0 aliphatic carbocycles. The van der Waals surface area contributed by atoms with E-state index < -0.39 is 30.7 Å². The van der Waals surface area contributed by atoms with Gasteiger partial charge in [0.2, 0.25) is 11.8 Å². The molecule has 1 fully saturated rings. The number of rotatable bonds is 2. The number of hydrogen-bond donors (Lipinski definition) is 1. The van der Waals surface area contributed by atoms with Crippen molar-refractivity contribution in [3.63, 3.8) is 0 Å². The molecule has 0 aromatic heterocycles. The zero-order valence-corrected chi connectivity index (χ0v) is 10.5. The predicted octanol–water partition coefficient (Wildman–Crippen LogP) is 1.31. The molecule has 0 aromatic rings. The van der Waals surface area contributed by atoms with E-state index in [0.29, 0.717) is 0 Å². The van der Waals surface area contributed by atoms with Crippen LogP contribution in [-0.4, -0.2) is 41.5 Å². The van der Waals surface area contributed by atoms with E-state index in [1.54, 1.807) is 13.8 Å². The summed E-state index contributed by atoms with van der Waals surface area (Å²) in [5.74, 6) is -1.30. The van der Waals surface area contributed by atoms with Crippen LogP contribution in [-0.2, 0) is 9.59 Å². The number of nitrogens with zero attached hydrogens (tertiary/aromatic N) is 1. The number of alkyl halides is 3. The Bertz CT molecular complexity index is 342. The molecular formula is C11H17F3N2O2. The summed E-state index contributed by atoms with van der Waals surface area (Å²) in [5.41, 5.74) is 0. The van der Waals surface area contributed by atoms with E-state index in [4.69, 9.17) is 0 Å². The average molecular weight is 266 g/mol. The van der Waals surface area contributed by atoms with Crippen LogP contribution in [0.4, 0.5) is 13.2 Å². The summed E-state index contributed by atoms with van der Waals surface area (Å²) in [4.78, 5) is 24.3. The van der Waals surface area contributed by atoms with Gasteiger partial charge in [-0.25, -0.2) is 0 Å². The van der Waals surface area contributed by atoms with Gasteiger partial charge in [0, 0.05) is 12.5 Å². The zero-order chi connectivity index (χ0) is 14.1. The monoisotopic (exact) mass is 266 g/mol. The van der Waals surface area contributed by atoms with Crippen molar-refractivity contribution in [1.29, 1.82) is 0 Å². The molecule has 7 heteroatoms. The zero-order valence-electron chi connectivity index (χ0n) is 10.5. The Morgan fingerprint density at radius 1 is 1.39 bits per heavy atom. The van der Waals surface area contributed by atoms with Crippen molar-refractivity contribution in [3.05, 3.63) is 0 Å². The van der Waals surface area contributed by atoms with Crippen LogP contribution in [0.25, 0.3) is 0 Å². The van der Waals surface area contributed by atoms with E-state index in [0.717, 1.165) is 4.90 Å². The Balaban J connectivity index is 2.98. The third-order valence-corrected chi connectivity index (χ3v) is 2.89. The number of carbonyl (C=O) groups is 2. The second-order valence-electron chi connectivity index (χ2n) is 4.92. The normalized spacial score (nSPS) is 26.3. The highest BCUT2D eigenvalue weighted by atomic mass is 19.4. The largest absolute Gasteiger partial charge is 0.406 e.